The van der Waals surface area contributed by atoms with E-state index in [0.717, 1.165) is 0 Å². The molecule has 1 aromatic rings. The van der Waals surface area contributed by atoms with Crippen LogP contribution in [0.25, 0.3) is 0 Å². The SMILES string of the molecule is CCNC(=O)c1ccc(NC(=O)CCCC(=O)O)cc1. The van der Waals surface area contributed by atoms with Gasteiger partial charge in [-0.15, -0.1) is 0 Å². The highest BCUT2D eigenvalue weighted by Crippen LogP contribution is 2.10. The fourth-order valence-electron chi connectivity index (χ4n) is 1.59. The zero-order valence-electron chi connectivity index (χ0n) is 11.3. The number of carboxylic acid groups (broad SMARTS) is 1. The molecule has 3 N–H and O–H groups in total. The van der Waals surface area contributed by atoms with E-state index in [9.17, 15) is 14.4 Å². The van der Waals surface area contributed by atoms with Crippen molar-refractivity contribution in [1.29, 1.82) is 0 Å². The maximum atomic E-state index is 11.5. The van der Waals surface area contributed by atoms with Crippen LogP contribution in [-0.4, -0.2) is 29.4 Å². The molecule has 108 valence electrons. The van der Waals surface area contributed by atoms with Gasteiger partial charge in [0.05, 0.1) is 0 Å². The number of rotatable bonds is 7. The number of carbonyl (C=O) groups is 3. The summed E-state index contributed by atoms with van der Waals surface area (Å²) in [6, 6.07) is 6.52. The first kappa shape index (κ1) is 15.7. The van der Waals surface area contributed by atoms with Crippen LogP contribution < -0.4 is 10.6 Å². The lowest BCUT2D eigenvalue weighted by atomic mass is 10.2. The molecule has 0 fully saturated rings. The van der Waals surface area contributed by atoms with E-state index < -0.39 is 5.97 Å². The van der Waals surface area contributed by atoms with E-state index in [-0.39, 0.29) is 24.7 Å². The van der Waals surface area contributed by atoms with Gasteiger partial charge in [0.25, 0.3) is 5.91 Å². The van der Waals surface area contributed by atoms with Crippen LogP contribution in [0.4, 0.5) is 5.69 Å². The highest BCUT2D eigenvalue weighted by atomic mass is 16.4. The molecule has 20 heavy (non-hydrogen) atoms. The molecule has 0 aliphatic carbocycles. The Morgan fingerprint density at radius 2 is 1.75 bits per heavy atom. The lowest BCUT2D eigenvalue weighted by Gasteiger charge is -2.06. The Kier molecular flexibility index (Phi) is 6.22. The van der Waals surface area contributed by atoms with Gasteiger partial charge < -0.3 is 15.7 Å². The van der Waals surface area contributed by atoms with Crippen molar-refractivity contribution in [2.24, 2.45) is 0 Å². The molecule has 0 atom stereocenters. The molecule has 1 aromatic carbocycles. The molecule has 1 rings (SSSR count). The van der Waals surface area contributed by atoms with Crippen molar-refractivity contribution in [3.63, 3.8) is 0 Å². The van der Waals surface area contributed by atoms with Crippen molar-refractivity contribution in [3.05, 3.63) is 29.8 Å². The zero-order valence-corrected chi connectivity index (χ0v) is 11.3. The van der Waals surface area contributed by atoms with Crippen molar-refractivity contribution in [3.8, 4) is 0 Å². The Morgan fingerprint density at radius 3 is 2.30 bits per heavy atom. The number of aliphatic carboxylic acids is 1. The van der Waals surface area contributed by atoms with E-state index >= 15 is 0 Å². The van der Waals surface area contributed by atoms with Gasteiger partial charge in [-0.1, -0.05) is 0 Å². The maximum absolute atomic E-state index is 11.5. The number of anilines is 1. The normalized spacial score (nSPS) is 9.85. The van der Waals surface area contributed by atoms with Gasteiger partial charge in [0, 0.05) is 30.6 Å². The molecule has 6 nitrogen and oxygen atoms in total. The minimum Gasteiger partial charge on any atom is -0.481 e. The smallest absolute Gasteiger partial charge is 0.303 e. The van der Waals surface area contributed by atoms with Crippen LogP contribution in [0.3, 0.4) is 0 Å². The summed E-state index contributed by atoms with van der Waals surface area (Å²) in [6.07, 6.45) is 0.437. The Hall–Kier alpha value is -2.37. The number of amides is 2. The minimum absolute atomic E-state index is 0.0243. The second kappa shape index (κ2) is 7.93. The molecule has 0 saturated carbocycles. The first-order chi connectivity index (χ1) is 9.52. The van der Waals surface area contributed by atoms with E-state index in [1.54, 1.807) is 24.3 Å². The molecular formula is C14H18N2O4. The molecule has 0 bridgehead atoms. The van der Waals surface area contributed by atoms with Crippen LogP contribution in [0.15, 0.2) is 24.3 Å². The van der Waals surface area contributed by atoms with Crippen LogP contribution in [-0.2, 0) is 9.59 Å². The Balaban J connectivity index is 2.46. The van der Waals surface area contributed by atoms with E-state index in [1.165, 1.54) is 0 Å². The molecule has 6 heteroatoms. The molecule has 0 heterocycles. The number of carbonyl (C=O) groups excluding carboxylic acids is 2. The van der Waals surface area contributed by atoms with Crippen LogP contribution in [0.1, 0.15) is 36.5 Å². The van der Waals surface area contributed by atoms with Crippen molar-refractivity contribution in [2.75, 3.05) is 11.9 Å². The fraction of sp³-hybridized carbons (Fsp3) is 0.357. The van der Waals surface area contributed by atoms with Crippen LogP contribution in [0.5, 0.6) is 0 Å². The average molecular weight is 278 g/mol. The minimum atomic E-state index is -0.913. The third-order valence-corrected chi connectivity index (χ3v) is 2.56. The van der Waals surface area contributed by atoms with Gasteiger partial charge in [0.15, 0.2) is 0 Å². The van der Waals surface area contributed by atoms with Gasteiger partial charge in [0.2, 0.25) is 5.91 Å². The van der Waals surface area contributed by atoms with Crippen LogP contribution in [0, 0.1) is 0 Å². The molecule has 0 spiro atoms. The van der Waals surface area contributed by atoms with E-state index in [0.29, 0.717) is 24.2 Å². The van der Waals surface area contributed by atoms with E-state index in [2.05, 4.69) is 10.6 Å². The van der Waals surface area contributed by atoms with Gasteiger partial charge in [-0.05, 0) is 37.6 Å². The summed E-state index contributed by atoms with van der Waals surface area (Å²) in [6.45, 7) is 2.39. The van der Waals surface area contributed by atoms with Crippen molar-refractivity contribution < 1.29 is 19.5 Å². The third kappa shape index (κ3) is 5.51. The predicted molar refractivity (Wildman–Crippen MR) is 74.6 cm³/mol. The van der Waals surface area contributed by atoms with Crippen LogP contribution >= 0.6 is 0 Å². The van der Waals surface area contributed by atoms with Crippen molar-refractivity contribution >= 4 is 23.5 Å². The summed E-state index contributed by atoms with van der Waals surface area (Å²) in [4.78, 5) is 33.4. The maximum Gasteiger partial charge on any atom is 0.303 e. The summed E-state index contributed by atoms with van der Waals surface area (Å²) in [7, 11) is 0. The molecule has 0 saturated heterocycles. The first-order valence-corrected chi connectivity index (χ1v) is 6.43. The van der Waals surface area contributed by atoms with Gasteiger partial charge in [-0.2, -0.15) is 0 Å². The summed E-state index contributed by atoms with van der Waals surface area (Å²) >= 11 is 0. The molecule has 0 aliphatic heterocycles. The number of nitrogens with one attached hydrogen (secondary N) is 2. The first-order valence-electron chi connectivity index (χ1n) is 6.43. The standard InChI is InChI=1S/C14H18N2O4/c1-2-15-14(20)10-6-8-11(9-7-10)16-12(17)4-3-5-13(18)19/h6-9H,2-5H2,1H3,(H,15,20)(H,16,17)(H,18,19). The number of hydrogen-bond acceptors (Lipinski definition) is 3. The highest BCUT2D eigenvalue weighted by molar-refractivity contribution is 5.95. The largest absolute Gasteiger partial charge is 0.481 e. The fourth-order valence-corrected chi connectivity index (χ4v) is 1.59. The molecule has 0 unspecified atom stereocenters. The van der Waals surface area contributed by atoms with Crippen molar-refractivity contribution in [2.45, 2.75) is 26.2 Å². The second-order valence-corrected chi connectivity index (χ2v) is 4.23. The highest BCUT2D eigenvalue weighted by Gasteiger charge is 2.06. The Labute approximate surface area is 117 Å². The zero-order chi connectivity index (χ0) is 15.0. The second-order valence-electron chi connectivity index (χ2n) is 4.23. The quantitative estimate of drug-likeness (QED) is 0.706. The Bertz CT molecular complexity index is 482. The van der Waals surface area contributed by atoms with Crippen LogP contribution in [0.2, 0.25) is 0 Å². The third-order valence-electron chi connectivity index (χ3n) is 2.56. The van der Waals surface area contributed by atoms with Gasteiger partial charge in [0.1, 0.15) is 0 Å². The molecule has 2 amide bonds. The lowest BCUT2D eigenvalue weighted by molar-refractivity contribution is -0.137. The van der Waals surface area contributed by atoms with Gasteiger partial charge in [-0.3, -0.25) is 14.4 Å². The summed E-state index contributed by atoms with van der Waals surface area (Å²) < 4.78 is 0. The Morgan fingerprint density at radius 1 is 1.10 bits per heavy atom. The van der Waals surface area contributed by atoms with Crippen molar-refractivity contribution in [1.82, 2.24) is 5.32 Å². The molecule has 0 aliphatic rings. The van der Waals surface area contributed by atoms with Gasteiger partial charge in [-0.25, -0.2) is 0 Å². The molecule has 0 aromatic heterocycles. The van der Waals surface area contributed by atoms with E-state index in [1.807, 2.05) is 6.92 Å². The summed E-state index contributed by atoms with van der Waals surface area (Å²) in [5, 5.41) is 13.8. The summed E-state index contributed by atoms with van der Waals surface area (Å²) in [5.74, 6) is -1.31. The number of hydrogen-bond donors (Lipinski definition) is 3. The topological polar surface area (TPSA) is 95.5 Å². The number of carboxylic acids is 1. The average Bonchev–Trinajstić information content (AvgIpc) is 2.39. The molecular weight excluding hydrogens is 260 g/mol. The van der Waals surface area contributed by atoms with Gasteiger partial charge >= 0.3 is 5.97 Å². The monoisotopic (exact) mass is 278 g/mol. The number of benzene rings is 1. The lowest BCUT2D eigenvalue weighted by Crippen LogP contribution is -2.22. The molecule has 0 radical (unpaired) electrons. The predicted octanol–water partition coefficient (Wildman–Crippen LogP) is 1.63. The van der Waals surface area contributed by atoms with E-state index in [4.69, 9.17) is 5.11 Å². The summed E-state index contributed by atoms with van der Waals surface area (Å²) in [5.41, 5.74) is 1.11.